The van der Waals surface area contributed by atoms with Crippen LogP contribution in [-0.2, 0) is 47.4 Å². The molecule has 0 saturated heterocycles. The van der Waals surface area contributed by atoms with Crippen molar-refractivity contribution in [1.29, 1.82) is 0 Å². The first kappa shape index (κ1) is 51.1. The van der Waals surface area contributed by atoms with E-state index >= 15 is 0 Å². The number of carbonyl (C=O) groups is 1. The van der Waals surface area contributed by atoms with Crippen LogP contribution >= 0.6 is 0 Å². The van der Waals surface area contributed by atoms with Crippen molar-refractivity contribution in [3.8, 4) is 0 Å². The molecule has 0 N–H and O–H groups in total. The molecule has 0 bridgehead atoms. The zero-order chi connectivity index (χ0) is 37.5. The van der Waals surface area contributed by atoms with E-state index in [9.17, 15) is 4.79 Å². The second kappa shape index (κ2) is 48.2. The van der Waals surface area contributed by atoms with Crippen LogP contribution < -0.4 is 0 Å². The van der Waals surface area contributed by atoms with E-state index in [1.807, 2.05) is 0 Å². The largest absolute Gasteiger partial charge is 0.463 e. The number of hydrogen-bond acceptors (Lipinski definition) is 10. The minimum atomic E-state index is -0.125. The van der Waals surface area contributed by atoms with Crippen molar-refractivity contribution in [3.63, 3.8) is 0 Å². The fourth-order valence-corrected chi connectivity index (χ4v) is 5.55. The second-order valence-corrected chi connectivity index (χ2v) is 13.6. The van der Waals surface area contributed by atoms with Crippen LogP contribution in [0.15, 0.2) is 0 Å². The molecule has 0 rings (SSSR count). The SMILES string of the molecule is CCCCCCCCCCCCCCCC(=O)OCCOCCOCCOCCOCCOCCOCCOCCOCCCCCCCCCC. The van der Waals surface area contributed by atoms with E-state index in [1.54, 1.807) is 0 Å². The first-order valence-electron chi connectivity index (χ1n) is 21.6. The van der Waals surface area contributed by atoms with Gasteiger partial charge in [-0.05, 0) is 12.8 Å². The highest BCUT2D eigenvalue weighted by Crippen LogP contribution is 2.13. The molecule has 0 aromatic rings. The summed E-state index contributed by atoms with van der Waals surface area (Å²) in [6.07, 6.45) is 27.9. The maximum Gasteiger partial charge on any atom is 0.305 e. The van der Waals surface area contributed by atoms with Gasteiger partial charge in [-0.25, -0.2) is 0 Å². The Bertz CT molecular complexity index is 654. The number of ether oxygens (including phenoxy) is 9. The van der Waals surface area contributed by atoms with Crippen LogP contribution in [0.4, 0.5) is 0 Å². The van der Waals surface area contributed by atoms with Gasteiger partial charge in [0.05, 0.1) is 99.1 Å². The van der Waals surface area contributed by atoms with Gasteiger partial charge in [0.15, 0.2) is 0 Å². The van der Waals surface area contributed by atoms with Gasteiger partial charge in [0.25, 0.3) is 0 Å². The lowest BCUT2D eigenvalue weighted by molar-refractivity contribution is -0.145. The van der Waals surface area contributed by atoms with E-state index in [4.69, 9.17) is 42.6 Å². The maximum absolute atomic E-state index is 11.9. The van der Waals surface area contributed by atoms with Crippen LogP contribution in [0.25, 0.3) is 0 Å². The number of hydrogen-bond donors (Lipinski definition) is 0. The molecule has 10 heteroatoms. The standard InChI is InChI=1S/C42H84O10/c1-3-5-7-9-11-13-14-15-16-17-18-20-22-24-42(43)52-41-40-51-39-38-50-37-36-49-35-34-48-33-32-47-31-30-46-29-28-45-27-26-44-25-23-21-19-12-10-8-6-4-2/h3-41H2,1-2H3. The third kappa shape index (κ3) is 47.2. The molecule has 312 valence electrons. The molecule has 0 fully saturated rings. The van der Waals surface area contributed by atoms with E-state index in [-0.39, 0.29) is 5.97 Å². The summed E-state index contributed by atoms with van der Waals surface area (Å²) in [4.78, 5) is 11.9. The third-order valence-corrected chi connectivity index (χ3v) is 8.72. The van der Waals surface area contributed by atoms with E-state index < -0.39 is 0 Å². The highest BCUT2D eigenvalue weighted by atomic mass is 16.6. The molecule has 0 aromatic heterocycles. The summed E-state index contributed by atoms with van der Waals surface area (Å²) in [6.45, 7) is 13.5. The van der Waals surface area contributed by atoms with E-state index in [1.165, 1.54) is 116 Å². The van der Waals surface area contributed by atoms with E-state index in [2.05, 4.69) is 13.8 Å². The summed E-state index contributed by atoms with van der Waals surface area (Å²) in [6, 6.07) is 0. The monoisotopic (exact) mass is 749 g/mol. The molecule has 0 heterocycles. The molecular weight excluding hydrogens is 664 g/mol. The average molecular weight is 749 g/mol. The normalized spacial score (nSPS) is 11.5. The minimum absolute atomic E-state index is 0.125. The molecule has 0 aromatic carbocycles. The number of carbonyl (C=O) groups excluding carboxylic acids is 1. The molecule has 0 amide bonds. The Labute approximate surface area is 320 Å². The summed E-state index contributed by atoms with van der Waals surface area (Å²) in [7, 11) is 0. The lowest BCUT2D eigenvalue weighted by atomic mass is 10.0. The number of esters is 1. The van der Waals surface area contributed by atoms with Gasteiger partial charge in [0.2, 0.25) is 0 Å². The summed E-state index contributed by atoms with van der Waals surface area (Å²) in [5.74, 6) is -0.125. The van der Waals surface area contributed by atoms with Crippen LogP contribution in [-0.4, -0.2) is 118 Å². The first-order chi connectivity index (χ1) is 25.8. The van der Waals surface area contributed by atoms with Gasteiger partial charge in [-0.15, -0.1) is 0 Å². The minimum Gasteiger partial charge on any atom is -0.463 e. The number of rotatable bonds is 47. The summed E-state index contributed by atoms with van der Waals surface area (Å²) >= 11 is 0. The molecule has 0 saturated carbocycles. The molecule has 0 aliphatic carbocycles. The Kier molecular flexibility index (Phi) is 47.4. The predicted molar refractivity (Wildman–Crippen MR) is 210 cm³/mol. The lowest BCUT2D eigenvalue weighted by Crippen LogP contribution is -2.15. The van der Waals surface area contributed by atoms with Crippen molar-refractivity contribution < 1.29 is 47.4 Å². The van der Waals surface area contributed by atoms with Gasteiger partial charge in [-0.3, -0.25) is 4.79 Å². The highest BCUT2D eigenvalue weighted by Gasteiger charge is 2.03. The molecule has 0 aliphatic heterocycles. The van der Waals surface area contributed by atoms with Crippen molar-refractivity contribution in [2.45, 2.75) is 155 Å². The molecule has 0 unspecified atom stereocenters. The summed E-state index contributed by atoms with van der Waals surface area (Å²) < 4.78 is 49.5. The van der Waals surface area contributed by atoms with Gasteiger partial charge < -0.3 is 42.6 Å². The maximum atomic E-state index is 11.9. The molecule has 0 atom stereocenters. The lowest BCUT2D eigenvalue weighted by Gasteiger charge is -2.09. The fraction of sp³-hybridized carbons (Fsp3) is 0.976. The van der Waals surface area contributed by atoms with Gasteiger partial charge in [0.1, 0.15) is 6.61 Å². The van der Waals surface area contributed by atoms with Crippen molar-refractivity contribution in [2.24, 2.45) is 0 Å². The smallest absolute Gasteiger partial charge is 0.305 e. The summed E-state index contributed by atoms with van der Waals surface area (Å²) in [5, 5.41) is 0. The van der Waals surface area contributed by atoms with Gasteiger partial charge in [0, 0.05) is 13.0 Å². The third-order valence-electron chi connectivity index (χ3n) is 8.72. The van der Waals surface area contributed by atoms with Crippen LogP contribution in [0.3, 0.4) is 0 Å². The van der Waals surface area contributed by atoms with Gasteiger partial charge >= 0.3 is 5.97 Å². The Morgan fingerprint density at radius 2 is 0.500 bits per heavy atom. The molecule has 0 spiro atoms. The Hall–Kier alpha value is -0.850. The van der Waals surface area contributed by atoms with E-state index in [0.717, 1.165) is 25.9 Å². The zero-order valence-corrected chi connectivity index (χ0v) is 34.2. The van der Waals surface area contributed by atoms with Crippen molar-refractivity contribution >= 4 is 5.97 Å². The van der Waals surface area contributed by atoms with Crippen LogP contribution in [0.1, 0.15) is 155 Å². The second-order valence-electron chi connectivity index (χ2n) is 13.6. The topological polar surface area (TPSA) is 100 Å². The molecule has 10 nitrogen and oxygen atoms in total. The van der Waals surface area contributed by atoms with Crippen molar-refractivity contribution in [2.75, 3.05) is 112 Å². The van der Waals surface area contributed by atoms with Crippen molar-refractivity contribution in [1.82, 2.24) is 0 Å². The molecule has 52 heavy (non-hydrogen) atoms. The van der Waals surface area contributed by atoms with Crippen LogP contribution in [0, 0.1) is 0 Å². The molecular formula is C42H84O10. The fourth-order valence-electron chi connectivity index (χ4n) is 5.55. The van der Waals surface area contributed by atoms with Crippen molar-refractivity contribution in [3.05, 3.63) is 0 Å². The summed E-state index contributed by atoms with van der Waals surface area (Å²) in [5.41, 5.74) is 0. The van der Waals surface area contributed by atoms with E-state index in [0.29, 0.717) is 112 Å². The van der Waals surface area contributed by atoms with Crippen LogP contribution in [0.2, 0.25) is 0 Å². The first-order valence-corrected chi connectivity index (χ1v) is 21.6. The molecule has 0 radical (unpaired) electrons. The quantitative estimate of drug-likeness (QED) is 0.0442. The average Bonchev–Trinajstić information content (AvgIpc) is 3.15. The zero-order valence-electron chi connectivity index (χ0n) is 34.2. The Balaban J connectivity index is 3.12. The predicted octanol–water partition coefficient (Wildman–Crippen LogP) is 9.28. The van der Waals surface area contributed by atoms with Gasteiger partial charge in [-0.2, -0.15) is 0 Å². The Morgan fingerprint density at radius 1 is 0.269 bits per heavy atom. The van der Waals surface area contributed by atoms with Gasteiger partial charge in [-0.1, -0.05) is 136 Å². The molecule has 0 aliphatic rings. The Morgan fingerprint density at radius 3 is 0.808 bits per heavy atom. The number of unbranched alkanes of at least 4 members (excludes halogenated alkanes) is 19. The van der Waals surface area contributed by atoms with Crippen LogP contribution in [0.5, 0.6) is 0 Å². The highest BCUT2D eigenvalue weighted by molar-refractivity contribution is 5.69.